The highest BCUT2D eigenvalue weighted by Gasteiger charge is 2.38. The van der Waals surface area contributed by atoms with E-state index in [1.165, 1.54) is 12.1 Å². The number of rotatable bonds is 2. The summed E-state index contributed by atoms with van der Waals surface area (Å²) in [6, 6.07) is 4.68. The molecule has 1 aromatic carbocycles. The zero-order chi connectivity index (χ0) is 15.3. The van der Waals surface area contributed by atoms with Crippen molar-refractivity contribution < 1.29 is 9.50 Å². The Balaban J connectivity index is 1.88. The van der Waals surface area contributed by atoms with E-state index in [1.54, 1.807) is 17.4 Å². The number of thiazole rings is 1. The van der Waals surface area contributed by atoms with Gasteiger partial charge >= 0.3 is 0 Å². The number of aromatic nitrogens is 1. The minimum absolute atomic E-state index is 0.0219. The summed E-state index contributed by atoms with van der Waals surface area (Å²) in [6.45, 7) is 6.40. The van der Waals surface area contributed by atoms with Crippen molar-refractivity contribution in [2.45, 2.75) is 51.0 Å². The topological polar surface area (TPSA) is 33.1 Å². The predicted molar refractivity (Wildman–Crippen MR) is 83.1 cm³/mol. The molecule has 0 spiro atoms. The number of hydrogen-bond acceptors (Lipinski definition) is 3. The van der Waals surface area contributed by atoms with Crippen molar-refractivity contribution in [3.8, 4) is 0 Å². The molecule has 1 aromatic heterocycles. The highest BCUT2D eigenvalue weighted by atomic mass is 32.1. The Hall–Kier alpha value is -1.26. The predicted octanol–water partition coefficient (Wildman–Crippen LogP) is 3.96. The molecule has 3 rings (SSSR count). The van der Waals surface area contributed by atoms with E-state index < -0.39 is 5.60 Å². The minimum atomic E-state index is -0.907. The van der Waals surface area contributed by atoms with Gasteiger partial charge in [0.15, 0.2) is 0 Å². The fourth-order valence-electron chi connectivity index (χ4n) is 2.87. The van der Waals surface area contributed by atoms with Gasteiger partial charge in [0, 0.05) is 17.2 Å². The zero-order valence-electron chi connectivity index (χ0n) is 12.6. The van der Waals surface area contributed by atoms with Crippen LogP contribution < -0.4 is 0 Å². The number of aryl methyl sites for hydroxylation is 1. The van der Waals surface area contributed by atoms with Crippen LogP contribution in [0.4, 0.5) is 4.39 Å². The van der Waals surface area contributed by atoms with Gasteiger partial charge in [0.25, 0.3) is 0 Å². The smallest absolute Gasteiger partial charge is 0.123 e. The third kappa shape index (κ3) is 2.74. The van der Waals surface area contributed by atoms with E-state index in [2.05, 4.69) is 31.1 Å². The first kappa shape index (κ1) is 14.7. The van der Waals surface area contributed by atoms with Gasteiger partial charge in [-0.1, -0.05) is 26.8 Å². The number of halogens is 1. The molecule has 2 aromatic rings. The molecule has 0 fully saturated rings. The molecule has 2 nitrogen and oxygen atoms in total. The first-order valence-electron chi connectivity index (χ1n) is 7.24. The second kappa shape index (κ2) is 4.89. The number of nitrogens with zero attached hydrogens (tertiary/aromatic N) is 1. The molecule has 0 saturated carbocycles. The molecule has 1 N–H and O–H groups in total. The molecule has 0 saturated heterocycles. The highest BCUT2D eigenvalue weighted by Crippen LogP contribution is 2.40. The lowest BCUT2D eigenvalue weighted by Gasteiger charge is -2.23. The standard InChI is InChI=1S/C17H20FNOS/c1-16(2,3)14-10-21-15(19-14)9-17(20)7-6-11-8-12(18)4-5-13(11)17/h4-5,8,10,20H,6-7,9H2,1-3H3. The molecule has 1 heterocycles. The number of benzene rings is 1. The van der Waals surface area contributed by atoms with Gasteiger partial charge in [-0.05, 0) is 36.1 Å². The van der Waals surface area contributed by atoms with Crippen LogP contribution in [-0.4, -0.2) is 10.1 Å². The maximum Gasteiger partial charge on any atom is 0.123 e. The Kier molecular flexibility index (Phi) is 3.41. The van der Waals surface area contributed by atoms with Crippen LogP contribution in [0.15, 0.2) is 23.6 Å². The fourth-order valence-corrected chi connectivity index (χ4v) is 4.00. The van der Waals surface area contributed by atoms with E-state index in [0.717, 1.165) is 28.2 Å². The van der Waals surface area contributed by atoms with Crippen molar-refractivity contribution in [3.63, 3.8) is 0 Å². The lowest BCUT2D eigenvalue weighted by atomic mass is 9.92. The van der Waals surface area contributed by atoms with Crippen LogP contribution in [0.5, 0.6) is 0 Å². The van der Waals surface area contributed by atoms with Crippen LogP contribution in [-0.2, 0) is 23.9 Å². The summed E-state index contributed by atoms with van der Waals surface area (Å²) in [6.07, 6.45) is 1.86. The lowest BCUT2D eigenvalue weighted by Crippen LogP contribution is -2.25. The third-order valence-electron chi connectivity index (χ3n) is 4.14. The van der Waals surface area contributed by atoms with Crippen molar-refractivity contribution in [2.75, 3.05) is 0 Å². The highest BCUT2D eigenvalue weighted by molar-refractivity contribution is 7.09. The van der Waals surface area contributed by atoms with Crippen molar-refractivity contribution >= 4 is 11.3 Å². The van der Waals surface area contributed by atoms with Gasteiger partial charge in [-0.25, -0.2) is 9.37 Å². The number of fused-ring (bicyclic) bond motifs is 1. The quantitative estimate of drug-likeness (QED) is 0.911. The molecule has 0 radical (unpaired) electrons. The molecule has 1 aliphatic carbocycles. The summed E-state index contributed by atoms with van der Waals surface area (Å²) < 4.78 is 13.3. The Morgan fingerprint density at radius 1 is 1.38 bits per heavy atom. The van der Waals surface area contributed by atoms with Gasteiger partial charge in [0.2, 0.25) is 0 Å². The maximum atomic E-state index is 13.3. The lowest BCUT2D eigenvalue weighted by molar-refractivity contribution is 0.0388. The van der Waals surface area contributed by atoms with Crippen molar-refractivity contribution in [1.82, 2.24) is 4.98 Å². The summed E-state index contributed by atoms with van der Waals surface area (Å²) in [5.74, 6) is -0.234. The second-order valence-electron chi connectivity index (χ2n) is 6.89. The molecule has 0 aliphatic heterocycles. The van der Waals surface area contributed by atoms with Gasteiger partial charge in [0.1, 0.15) is 5.82 Å². The largest absolute Gasteiger partial charge is 0.385 e. The molecule has 21 heavy (non-hydrogen) atoms. The van der Waals surface area contributed by atoms with E-state index in [0.29, 0.717) is 12.8 Å². The molecular formula is C17H20FNOS. The van der Waals surface area contributed by atoms with E-state index in [-0.39, 0.29) is 11.2 Å². The van der Waals surface area contributed by atoms with E-state index in [4.69, 9.17) is 0 Å². The summed E-state index contributed by atoms with van der Waals surface area (Å²) >= 11 is 1.59. The van der Waals surface area contributed by atoms with Crippen LogP contribution in [0, 0.1) is 5.82 Å². The average Bonchev–Trinajstić information content (AvgIpc) is 2.95. The molecule has 4 heteroatoms. The van der Waals surface area contributed by atoms with Gasteiger partial charge in [0.05, 0.1) is 16.3 Å². The van der Waals surface area contributed by atoms with E-state index in [1.807, 2.05) is 0 Å². The average molecular weight is 305 g/mol. The number of hydrogen-bond donors (Lipinski definition) is 1. The van der Waals surface area contributed by atoms with Gasteiger partial charge in [-0.2, -0.15) is 0 Å². The number of aliphatic hydroxyl groups is 1. The molecule has 1 atom stereocenters. The molecule has 0 amide bonds. The molecule has 112 valence electrons. The third-order valence-corrected chi connectivity index (χ3v) is 4.99. The summed E-state index contributed by atoms with van der Waals surface area (Å²) in [4.78, 5) is 4.67. The van der Waals surface area contributed by atoms with Crippen molar-refractivity contribution in [3.05, 3.63) is 51.2 Å². The monoisotopic (exact) mass is 305 g/mol. The summed E-state index contributed by atoms with van der Waals surface area (Å²) in [7, 11) is 0. The van der Waals surface area contributed by atoms with Crippen LogP contribution >= 0.6 is 11.3 Å². The Morgan fingerprint density at radius 3 is 2.81 bits per heavy atom. The maximum absolute atomic E-state index is 13.3. The van der Waals surface area contributed by atoms with Crippen LogP contribution in [0.1, 0.15) is 49.0 Å². The summed E-state index contributed by atoms with van der Waals surface area (Å²) in [5.41, 5.74) is 1.95. The second-order valence-corrected chi connectivity index (χ2v) is 7.83. The van der Waals surface area contributed by atoms with E-state index in [9.17, 15) is 9.50 Å². The Bertz CT molecular complexity index is 674. The zero-order valence-corrected chi connectivity index (χ0v) is 13.4. The molecule has 1 aliphatic rings. The van der Waals surface area contributed by atoms with Crippen LogP contribution in [0.25, 0.3) is 0 Å². The first-order chi connectivity index (χ1) is 9.78. The van der Waals surface area contributed by atoms with Gasteiger partial charge in [-0.3, -0.25) is 0 Å². The van der Waals surface area contributed by atoms with Gasteiger partial charge in [-0.15, -0.1) is 11.3 Å². The SMILES string of the molecule is CC(C)(C)c1csc(CC2(O)CCc3cc(F)ccc32)n1. The van der Waals surface area contributed by atoms with Gasteiger partial charge < -0.3 is 5.11 Å². The van der Waals surface area contributed by atoms with Crippen molar-refractivity contribution in [1.29, 1.82) is 0 Å². The minimum Gasteiger partial charge on any atom is -0.385 e. The normalized spacial score (nSPS) is 21.6. The van der Waals surface area contributed by atoms with E-state index >= 15 is 0 Å². The fraction of sp³-hybridized carbons (Fsp3) is 0.471. The first-order valence-corrected chi connectivity index (χ1v) is 8.12. The molecule has 1 unspecified atom stereocenters. The Labute approximate surface area is 128 Å². The Morgan fingerprint density at radius 2 is 2.14 bits per heavy atom. The van der Waals surface area contributed by atoms with Crippen molar-refractivity contribution in [2.24, 2.45) is 0 Å². The molecule has 0 bridgehead atoms. The van der Waals surface area contributed by atoms with Crippen LogP contribution in [0.2, 0.25) is 0 Å². The molecular weight excluding hydrogens is 285 g/mol. The van der Waals surface area contributed by atoms with Crippen LogP contribution in [0.3, 0.4) is 0 Å². The summed E-state index contributed by atoms with van der Waals surface area (Å²) in [5, 5.41) is 14.0.